The van der Waals surface area contributed by atoms with E-state index in [9.17, 15) is 19.7 Å². The van der Waals surface area contributed by atoms with Crippen LogP contribution in [0.5, 0.6) is 5.75 Å². The zero-order valence-corrected chi connectivity index (χ0v) is 17.2. The Morgan fingerprint density at radius 1 is 0.867 bits per heavy atom. The van der Waals surface area contributed by atoms with Crippen LogP contribution in [0.15, 0.2) is 48.5 Å². The number of carbonyl (C=O) groups is 2. The molecule has 2 rings (SSSR count). The molecular formula is C23H27NO6. The molecule has 0 atom stereocenters. The van der Waals surface area contributed by atoms with Crippen molar-refractivity contribution in [2.45, 2.75) is 45.4 Å². The summed E-state index contributed by atoms with van der Waals surface area (Å²) in [7, 11) is 0. The molecule has 0 fully saturated rings. The van der Waals surface area contributed by atoms with E-state index in [1.165, 1.54) is 49.9 Å². The highest BCUT2D eigenvalue weighted by molar-refractivity contribution is 5.99. The van der Waals surface area contributed by atoms with Crippen molar-refractivity contribution in [3.63, 3.8) is 0 Å². The number of Topliss-reactive ketones (excluding diaryl/α,β-unsaturated/α-hetero) is 1. The van der Waals surface area contributed by atoms with Crippen LogP contribution >= 0.6 is 0 Å². The fraction of sp³-hybridized carbons (Fsp3) is 0.391. The van der Waals surface area contributed by atoms with Gasteiger partial charge < -0.3 is 9.47 Å². The van der Waals surface area contributed by atoms with E-state index in [1.54, 1.807) is 24.3 Å². The molecule has 0 amide bonds. The first-order chi connectivity index (χ1) is 14.5. The quantitative estimate of drug-likeness (QED) is 0.144. The molecule has 0 aliphatic heterocycles. The molecule has 0 aliphatic rings. The number of hydrogen-bond acceptors (Lipinski definition) is 6. The predicted octanol–water partition coefficient (Wildman–Crippen LogP) is 5.37. The molecule has 2 aromatic rings. The molecule has 0 radical (unpaired) electrons. The molecule has 0 unspecified atom stereocenters. The molecule has 0 N–H and O–H groups in total. The fourth-order valence-electron chi connectivity index (χ4n) is 2.83. The Labute approximate surface area is 176 Å². The third kappa shape index (κ3) is 7.66. The van der Waals surface area contributed by atoms with Crippen molar-refractivity contribution in [3.05, 3.63) is 69.8 Å². The number of nitro groups is 1. The number of benzene rings is 2. The number of nitrogens with zero attached hydrogens (tertiary/aromatic N) is 1. The van der Waals surface area contributed by atoms with Gasteiger partial charge in [-0.15, -0.1) is 0 Å². The molecule has 0 aliphatic carbocycles. The van der Waals surface area contributed by atoms with Gasteiger partial charge in [0.15, 0.2) is 12.4 Å². The molecule has 0 saturated heterocycles. The predicted molar refractivity (Wildman–Crippen MR) is 113 cm³/mol. The highest BCUT2D eigenvalue weighted by Gasteiger charge is 2.13. The number of carbonyl (C=O) groups excluding carboxylic acids is 2. The number of hydrogen-bond donors (Lipinski definition) is 0. The van der Waals surface area contributed by atoms with E-state index < -0.39 is 23.3 Å². The molecule has 30 heavy (non-hydrogen) atoms. The topological polar surface area (TPSA) is 95.7 Å². The van der Waals surface area contributed by atoms with Gasteiger partial charge in [-0.25, -0.2) is 4.79 Å². The number of unbranched alkanes of at least 4 members (excludes halogenated alkanes) is 5. The maximum absolute atomic E-state index is 12.1. The second-order valence-electron chi connectivity index (χ2n) is 6.94. The Balaban J connectivity index is 1.73. The SMILES string of the molecule is CCCCCCCCOc1ccc(C(=O)OCC(=O)c2ccc([N+](=O)[O-])cc2)cc1. The second kappa shape index (κ2) is 12.4. The Bertz CT molecular complexity index is 830. The molecule has 0 aromatic heterocycles. The van der Waals surface area contributed by atoms with Gasteiger partial charge in [-0.05, 0) is 42.8 Å². The van der Waals surface area contributed by atoms with Gasteiger partial charge in [-0.1, -0.05) is 39.0 Å². The molecule has 7 nitrogen and oxygen atoms in total. The molecule has 160 valence electrons. The van der Waals surface area contributed by atoms with Crippen molar-refractivity contribution in [3.8, 4) is 5.75 Å². The summed E-state index contributed by atoms with van der Waals surface area (Å²) >= 11 is 0. The lowest BCUT2D eigenvalue weighted by Gasteiger charge is -2.08. The summed E-state index contributed by atoms with van der Waals surface area (Å²) in [4.78, 5) is 34.3. The number of esters is 1. The van der Waals surface area contributed by atoms with E-state index in [-0.39, 0.29) is 11.3 Å². The Hall–Kier alpha value is -3.22. The van der Waals surface area contributed by atoms with E-state index in [0.717, 1.165) is 12.8 Å². The zero-order valence-electron chi connectivity index (χ0n) is 17.2. The minimum Gasteiger partial charge on any atom is -0.494 e. The average molecular weight is 413 g/mol. The van der Waals surface area contributed by atoms with E-state index >= 15 is 0 Å². The van der Waals surface area contributed by atoms with Crippen molar-refractivity contribution >= 4 is 17.4 Å². The van der Waals surface area contributed by atoms with Crippen LogP contribution in [0.25, 0.3) is 0 Å². The van der Waals surface area contributed by atoms with Crippen LogP contribution in [0.2, 0.25) is 0 Å². The number of nitro benzene ring substituents is 1. The maximum atomic E-state index is 12.1. The lowest BCUT2D eigenvalue weighted by molar-refractivity contribution is -0.384. The maximum Gasteiger partial charge on any atom is 0.338 e. The summed E-state index contributed by atoms with van der Waals surface area (Å²) in [5.74, 6) is -0.369. The van der Waals surface area contributed by atoms with Crippen molar-refractivity contribution in [1.29, 1.82) is 0 Å². The third-order valence-corrected chi connectivity index (χ3v) is 4.59. The standard InChI is InChI=1S/C23H27NO6/c1-2-3-4-5-6-7-16-29-21-14-10-19(11-15-21)23(26)30-17-22(25)18-8-12-20(13-9-18)24(27)28/h8-15H,2-7,16-17H2,1H3. The number of ketones is 1. The molecular weight excluding hydrogens is 386 g/mol. The van der Waals surface area contributed by atoms with Crippen LogP contribution in [-0.2, 0) is 4.74 Å². The van der Waals surface area contributed by atoms with Gasteiger partial charge in [0.25, 0.3) is 5.69 Å². The molecule has 0 bridgehead atoms. The molecule has 7 heteroatoms. The van der Waals surface area contributed by atoms with E-state index in [0.29, 0.717) is 17.9 Å². The third-order valence-electron chi connectivity index (χ3n) is 4.59. The van der Waals surface area contributed by atoms with Gasteiger partial charge >= 0.3 is 5.97 Å². The van der Waals surface area contributed by atoms with E-state index in [1.807, 2.05) is 0 Å². The molecule has 2 aromatic carbocycles. The Morgan fingerprint density at radius 3 is 2.10 bits per heavy atom. The summed E-state index contributed by atoms with van der Waals surface area (Å²) in [6.07, 6.45) is 7.14. The Morgan fingerprint density at radius 2 is 1.47 bits per heavy atom. The van der Waals surface area contributed by atoms with Gasteiger partial charge in [0.05, 0.1) is 17.1 Å². The second-order valence-corrected chi connectivity index (χ2v) is 6.94. The van der Waals surface area contributed by atoms with Gasteiger partial charge in [0, 0.05) is 17.7 Å². The van der Waals surface area contributed by atoms with Crippen LogP contribution < -0.4 is 4.74 Å². The first-order valence-corrected chi connectivity index (χ1v) is 10.2. The molecule has 0 heterocycles. The minimum absolute atomic E-state index is 0.109. The zero-order chi connectivity index (χ0) is 21.8. The summed E-state index contributed by atoms with van der Waals surface area (Å²) in [5, 5.41) is 10.6. The monoisotopic (exact) mass is 413 g/mol. The van der Waals surface area contributed by atoms with Crippen molar-refractivity contribution in [2.24, 2.45) is 0 Å². The fourth-order valence-corrected chi connectivity index (χ4v) is 2.83. The molecule has 0 spiro atoms. The highest BCUT2D eigenvalue weighted by atomic mass is 16.6. The smallest absolute Gasteiger partial charge is 0.338 e. The van der Waals surface area contributed by atoms with Crippen molar-refractivity contribution < 1.29 is 24.0 Å². The average Bonchev–Trinajstić information content (AvgIpc) is 2.77. The summed E-state index contributed by atoms with van der Waals surface area (Å²) in [6.45, 7) is 2.39. The normalized spacial score (nSPS) is 10.4. The van der Waals surface area contributed by atoms with Crippen LogP contribution in [0.1, 0.15) is 66.2 Å². The number of non-ortho nitro benzene ring substituents is 1. The summed E-state index contributed by atoms with van der Waals surface area (Å²) < 4.78 is 10.7. The minimum atomic E-state index is -0.618. The lowest BCUT2D eigenvalue weighted by Crippen LogP contribution is -2.14. The largest absolute Gasteiger partial charge is 0.494 e. The van der Waals surface area contributed by atoms with E-state index in [4.69, 9.17) is 9.47 Å². The van der Waals surface area contributed by atoms with Crippen LogP contribution in [-0.4, -0.2) is 29.9 Å². The van der Waals surface area contributed by atoms with E-state index in [2.05, 4.69) is 6.92 Å². The van der Waals surface area contributed by atoms with Crippen molar-refractivity contribution in [2.75, 3.05) is 13.2 Å². The first kappa shape index (κ1) is 23.1. The number of rotatable bonds is 13. The molecule has 0 saturated carbocycles. The number of ether oxygens (including phenoxy) is 2. The Kier molecular flexibility index (Phi) is 9.51. The summed E-state index contributed by atoms with van der Waals surface area (Å²) in [5.41, 5.74) is 0.451. The van der Waals surface area contributed by atoms with Crippen LogP contribution in [0, 0.1) is 10.1 Å². The van der Waals surface area contributed by atoms with Crippen molar-refractivity contribution in [1.82, 2.24) is 0 Å². The highest BCUT2D eigenvalue weighted by Crippen LogP contribution is 2.15. The van der Waals surface area contributed by atoms with Crippen LogP contribution in [0.4, 0.5) is 5.69 Å². The van der Waals surface area contributed by atoms with Crippen LogP contribution in [0.3, 0.4) is 0 Å². The van der Waals surface area contributed by atoms with Gasteiger partial charge in [0.2, 0.25) is 0 Å². The van der Waals surface area contributed by atoms with Gasteiger partial charge in [-0.2, -0.15) is 0 Å². The first-order valence-electron chi connectivity index (χ1n) is 10.2. The lowest BCUT2D eigenvalue weighted by atomic mass is 10.1. The summed E-state index contributed by atoms with van der Waals surface area (Å²) in [6, 6.07) is 11.7. The van der Waals surface area contributed by atoms with Gasteiger partial charge in [-0.3, -0.25) is 14.9 Å². The van der Waals surface area contributed by atoms with Gasteiger partial charge in [0.1, 0.15) is 5.75 Å².